The van der Waals surface area contributed by atoms with Crippen molar-refractivity contribution in [2.24, 2.45) is 5.92 Å². The molecule has 0 N–H and O–H groups in total. The molecule has 1 atom stereocenters. The molecule has 0 fully saturated rings. The van der Waals surface area contributed by atoms with Gasteiger partial charge in [0, 0.05) is 25.6 Å². The number of ether oxygens (including phenoxy) is 2. The van der Waals surface area contributed by atoms with Crippen molar-refractivity contribution in [2.45, 2.75) is 130 Å². The molecule has 0 aliphatic rings. The van der Waals surface area contributed by atoms with Crippen molar-refractivity contribution in [3.05, 3.63) is 0 Å². The Kier molecular flexibility index (Phi) is 17.3. The number of hydrogen-bond acceptors (Lipinski definition) is 2. The maximum Gasteiger partial charge on any atom is 0.171 e. The van der Waals surface area contributed by atoms with E-state index in [9.17, 15) is 0 Å². The van der Waals surface area contributed by atoms with Crippen LogP contribution in [-0.2, 0) is 9.47 Å². The third-order valence-electron chi connectivity index (χ3n) is 5.13. The van der Waals surface area contributed by atoms with Crippen LogP contribution in [0.2, 0.25) is 0 Å². The summed E-state index contributed by atoms with van der Waals surface area (Å²) in [4.78, 5) is 0. The lowest BCUT2D eigenvalue weighted by Crippen LogP contribution is -2.44. The minimum atomic E-state index is -0.334. The highest BCUT2D eigenvalue weighted by Gasteiger charge is 2.39. The van der Waals surface area contributed by atoms with E-state index >= 15 is 0 Å². The summed E-state index contributed by atoms with van der Waals surface area (Å²) >= 11 is 0. The molecule has 0 bridgehead atoms. The smallest absolute Gasteiger partial charge is 0.171 e. The van der Waals surface area contributed by atoms with E-state index in [1.54, 1.807) is 0 Å². The first kappa shape index (κ1) is 24.9. The lowest BCUT2D eigenvalue weighted by Gasteiger charge is -2.41. The minimum Gasteiger partial charge on any atom is -0.350 e. The zero-order valence-corrected chi connectivity index (χ0v) is 18.2. The molecule has 0 rings (SSSR count). The molecule has 0 aromatic carbocycles. The predicted molar refractivity (Wildman–Crippen MR) is 111 cm³/mol. The molecule has 0 aromatic heterocycles. The van der Waals surface area contributed by atoms with E-state index in [2.05, 4.69) is 34.6 Å². The molecule has 0 spiro atoms. The van der Waals surface area contributed by atoms with E-state index in [0.29, 0.717) is 5.92 Å². The Hall–Kier alpha value is -0.0800. The van der Waals surface area contributed by atoms with Gasteiger partial charge in [0.05, 0.1) is 0 Å². The SMILES string of the molecule is CCCCCCCCC(CCCC)C(CCC)(OCCC)OCCC. The van der Waals surface area contributed by atoms with Gasteiger partial charge in [-0.1, -0.05) is 92.4 Å². The fourth-order valence-electron chi connectivity index (χ4n) is 3.73. The topological polar surface area (TPSA) is 18.5 Å². The molecule has 2 heteroatoms. The van der Waals surface area contributed by atoms with Crippen LogP contribution in [0.25, 0.3) is 0 Å². The van der Waals surface area contributed by atoms with Crippen LogP contribution in [0.4, 0.5) is 0 Å². The lowest BCUT2D eigenvalue weighted by molar-refractivity contribution is -0.274. The van der Waals surface area contributed by atoms with Crippen molar-refractivity contribution >= 4 is 0 Å². The highest BCUT2D eigenvalue weighted by Crippen LogP contribution is 2.37. The van der Waals surface area contributed by atoms with Crippen molar-refractivity contribution < 1.29 is 9.47 Å². The summed E-state index contributed by atoms with van der Waals surface area (Å²) in [5.74, 6) is 0.219. The molecule has 0 heterocycles. The maximum atomic E-state index is 6.45. The van der Waals surface area contributed by atoms with Crippen LogP contribution < -0.4 is 0 Å². The summed E-state index contributed by atoms with van der Waals surface area (Å²) in [5.41, 5.74) is 0. The second-order valence-electron chi connectivity index (χ2n) is 7.65. The molecule has 0 aliphatic heterocycles. The third-order valence-corrected chi connectivity index (χ3v) is 5.13. The van der Waals surface area contributed by atoms with Crippen LogP contribution in [0.1, 0.15) is 125 Å². The molecule has 0 aromatic rings. The average Bonchev–Trinajstić information content (AvgIpc) is 2.63. The van der Waals surface area contributed by atoms with E-state index in [1.165, 1.54) is 64.2 Å². The Balaban J connectivity index is 4.88. The first-order valence-corrected chi connectivity index (χ1v) is 11.5. The highest BCUT2D eigenvalue weighted by atomic mass is 16.7. The molecule has 1 unspecified atom stereocenters. The maximum absolute atomic E-state index is 6.45. The van der Waals surface area contributed by atoms with Gasteiger partial charge in [-0.15, -0.1) is 0 Å². The normalized spacial score (nSPS) is 13.3. The molecule has 0 radical (unpaired) electrons. The van der Waals surface area contributed by atoms with Crippen LogP contribution in [0.5, 0.6) is 0 Å². The van der Waals surface area contributed by atoms with Gasteiger partial charge in [-0.2, -0.15) is 0 Å². The molecular weight excluding hydrogens is 308 g/mol. The fraction of sp³-hybridized carbons (Fsp3) is 1.00. The Morgan fingerprint density at radius 3 is 1.60 bits per heavy atom. The first-order valence-electron chi connectivity index (χ1n) is 11.5. The minimum absolute atomic E-state index is 0.334. The second-order valence-corrected chi connectivity index (χ2v) is 7.65. The van der Waals surface area contributed by atoms with E-state index in [-0.39, 0.29) is 5.79 Å². The van der Waals surface area contributed by atoms with Gasteiger partial charge in [-0.3, -0.25) is 0 Å². The van der Waals surface area contributed by atoms with Gasteiger partial charge in [-0.25, -0.2) is 0 Å². The van der Waals surface area contributed by atoms with Crippen molar-refractivity contribution in [1.82, 2.24) is 0 Å². The number of rotatable bonds is 19. The van der Waals surface area contributed by atoms with Crippen LogP contribution in [0, 0.1) is 5.92 Å². The van der Waals surface area contributed by atoms with Gasteiger partial charge in [-0.05, 0) is 25.7 Å². The van der Waals surface area contributed by atoms with Gasteiger partial charge in [0.1, 0.15) is 0 Å². The van der Waals surface area contributed by atoms with Crippen molar-refractivity contribution in [3.63, 3.8) is 0 Å². The van der Waals surface area contributed by atoms with Crippen LogP contribution in [-0.4, -0.2) is 19.0 Å². The summed E-state index contributed by atoms with van der Waals surface area (Å²) in [7, 11) is 0. The molecule has 0 aliphatic carbocycles. The highest BCUT2D eigenvalue weighted by molar-refractivity contribution is 4.80. The largest absolute Gasteiger partial charge is 0.350 e. The van der Waals surface area contributed by atoms with Gasteiger partial charge >= 0.3 is 0 Å². The monoisotopic (exact) mass is 356 g/mol. The summed E-state index contributed by atoms with van der Waals surface area (Å²) < 4.78 is 12.9. The Morgan fingerprint density at radius 1 is 0.560 bits per heavy atom. The van der Waals surface area contributed by atoms with Gasteiger partial charge in [0.15, 0.2) is 5.79 Å². The molecule has 2 nitrogen and oxygen atoms in total. The number of hydrogen-bond donors (Lipinski definition) is 0. The van der Waals surface area contributed by atoms with Crippen LogP contribution in [0.3, 0.4) is 0 Å². The second kappa shape index (κ2) is 17.3. The van der Waals surface area contributed by atoms with Crippen molar-refractivity contribution in [1.29, 1.82) is 0 Å². The third kappa shape index (κ3) is 11.3. The lowest BCUT2D eigenvalue weighted by atomic mass is 9.84. The summed E-state index contributed by atoms with van der Waals surface area (Å²) in [6, 6.07) is 0. The van der Waals surface area contributed by atoms with E-state index in [0.717, 1.165) is 38.9 Å². The average molecular weight is 357 g/mol. The molecular formula is C23H48O2. The quantitative estimate of drug-likeness (QED) is 0.173. The summed E-state index contributed by atoms with van der Waals surface area (Å²) in [6.07, 6.45) is 17.6. The van der Waals surface area contributed by atoms with Crippen LogP contribution in [0.15, 0.2) is 0 Å². The molecule has 0 saturated carbocycles. The zero-order chi connectivity index (χ0) is 18.8. The molecule has 152 valence electrons. The zero-order valence-electron chi connectivity index (χ0n) is 18.2. The van der Waals surface area contributed by atoms with Gasteiger partial charge in [0.2, 0.25) is 0 Å². The Morgan fingerprint density at radius 2 is 1.08 bits per heavy atom. The van der Waals surface area contributed by atoms with E-state index in [4.69, 9.17) is 9.47 Å². The molecule has 0 amide bonds. The van der Waals surface area contributed by atoms with Crippen molar-refractivity contribution in [2.75, 3.05) is 13.2 Å². The first-order chi connectivity index (χ1) is 12.2. The van der Waals surface area contributed by atoms with Crippen LogP contribution >= 0.6 is 0 Å². The predicted octanol–water partition coefficient (Wildman–Crippen LogP) is 7.89. The van der Waals surface area contributed by atoms with Crippen molar-refractivity contribution in [3.8, 4) is 0 Å². The summed E-state index contributed by atoms with van der Waals surface area (Å²) in [5, 5.41) is 0. The number of unbranched alkanes of at least 4 members (excludes halogenated alkanes) is 6. The van der Waals surface area contributed by atoms with Gasteiger partial charge in [0.25, 0.3) is 0 Å². The van der Waals surface area contributed by atoms with E-state index in [1.807, 2.05) is 0 Å². The fourth-order valence-corrected chi connectivity index (χ4v) is 3.73. The van der Waals surface area contributed by atoms with E-state index < -0.39 is 0 Å². The molecule has 0 saturated heterocycles. The molecule has 25 heavy (non-hydrogen) atoms. The Bertz CT molecular complexity index is 257. The van der Waals surface area contributed by atoms with Gasteiger partial charge < -0.3 is 9.47 Å². The summed E-state index contributed by atoms with van der Waals surface area (Å²) in [6.45, 7) is 12.9. The Labute approximate surface area is 159 Å². The standard InChI is InChI=1S/C23H48O2/c1-6-11-13-14-15-16-18-22(17-12-7-2)23(19-8-3,24-20-9-4)25-21-10-5/h22H,6-21H2,1-5H3.